The van der Waals surface area contributed by atoms with Crippen LogP contribution < -0.4 is 4.89 Å². The van der Waals surface area contributed by atoms with Crippen LogP contribution in [0, 0.1) is 0 Å². The number of unbranched alkanes of at least 4 members (excludes halogenated alkanes) is 28. The maximum absolute atomic E-state index is 12.7. The number of phosphoric ester groups is 1. The lowest BCUT2D eigenvalue weighted by molar-refractivity contribution is -0.870. The molecule has 10 heteroatoms. The van der Waals surface area contributed by atoms with Gasteiger partial charge in [0.25, 0.3) is 7.82 Å². The van der Waals surface area contributed by atoms with Crippen molar-refractivity contribution in [3.63, 3.8) is 0 Å². The van der Waals surface area contributed by atoms with Crippen molar-refractivity contribution in [2.75, 3.05) is 47.5 Å². The lowest BCUT2D eigenvalue weighted by Crippen LogP contribution is -2.37. The van der Waals surface area contributed by atoms with Gasteiger partial charge < -0.3 is 27.9 Å². The van der Waals surface area contributed by atoms with E-state index in [4.69, 9.17) is 18.5 Å². The maximum atomic E-state index is 12.7. The molecule has 0 saturated heterocycles. The van der Waals surface area contributed by atoms with Crippen molar-refractivity contribution in [1.29, 1.82) is 0 Å². The summed E-state index contributed by atoms with van der Waals surface area (Å²) in [6.45, 7) is 4.20. The molecule has 370 valence electrons. The highest BCUT2D eigenvalue weighted by Gasteiger charge is 2.21. The average molecular weight is 910 g/mol. The van der Waals surface area contributed by atoms with Gasteiger partial charge in [-0.15, -0.1) is 0 Å². The van der Waals surface area contributed by atoms with Crippen LogP contribution in [0.4, 0.5) is 0 Å². The standard InChI is InChI=1S/C53H100NO8P/c1-6-8-10-12-14-16-17-18-19-20-21-22-23-24-25-26-27-28-29-30-31-32-33-34-35-36-37-38-40-42-44-46-53(56)62-51(50-61-63(57,58)60-48-47-54(3,4)5)49-59-52(55)45-43-41-39-15-13-11-9-7-2/h17-18,20-21,23-24,51H,6-16,19,22,25-50H2,1-5H3/b18-17-,21-20-,24-23-. The zero-order valence-electron chi connectivity index (χ0n) is 41.8. The van der Waals surface area contributed by atoms with Crippen molar-refractivity contribution in [3.8, 4) is 0 Å². The Kier molecular flexibility index (Phi) is 44.1. The highest BCUT2D eigenvalue weighted by Crippen LogP contribution is 2.38. The molecule has 0 amide bonds. The number of nitrogens with zero attached hydrogens (tertiary/aromatic N) is 1. The number of allylic oxidation sites excluding steroid dienone is 6. The zero-order valence-corrected chi connectivity index (χ0v) is 42.7. The molecule has 0 aromatic carbocycles. The fourth-order valence-electron chi connectivity index (χ4n) is 7.31. The van der Waals surface area contributed by atoms with Crippen molar-refractivity contribution >= 4 is 19.8 Å². The van der Waals surface area contributed by atoms with Crippen LogP contribution in [-0.4, -0.2) is 70.0 Å². The molecule has 0 heterocycles. The number of ether oxygens (including phenoxy) is 2. The highest BCUT2D eigenvalue weighted by molar-refractivity contribution is 7.45. The average Bonchev–Trinajstić information content (AvgIpc) is 3.24. The second kappa shape index (κ2) is 45.4. The van der Waals surface area contributed by atoms with E-state index in [2.05, 4.69) is 50.3 Å². The molecule has 63 heavy (non-hydrogen) atoms. The number of likely N-dealkylation sites (N-methyl/N-ethyl adjacent to an activating group) is 1. The topological polar surface area (TPSA) is 111 Å². The summed E-state index contributed by atoms with van der Waals surface area (Å²) >= 11 is 0. The third kappa shape index (κ3) is 49.5. The summed E-state index contributed by atoms with van der Waals surface area (Å²) < 4.78 is 33.9. The van der Waals surface area contributed by atoms with E-state index < -0.39 is 26.5 Å². The predicted octanol–water partition coefficient (Wildman–Crippen LogP) is 15.0. The molecule has 0 saturated carbocycles. The number of quaternary nitrogens is 1. The molecule has 0 aliphatic carbocycles. The molecule has 0 bridgehead atoms. The minimum Gasteiger partial charge on any atom is -0.756 e. The Hall–Kier alpha value is -1.77. The molecule has 0 aromatic rings. The van der Waals surface area contributed by atoms with Crippen molar-refractivity contribution in [3.05, 3.63) is 36.5 Å². The maximum Gasteiger partial charge on any atom is 0.306 e. The van der Waals surface area contributed by atoms with Crippen LogP contribution in [0.5, 0.6) is 0 Å². The minimum absolute atomic E-state index is 0.0291. The van der Waals surface area contributed by atoms with Gasteiger partial charge in [-0.3, -0.25) is 14.2 Å². The van der Waals surface area contributed by atoms with Gasteiger partial charge in [0.2, 0.25) is 0 Å². The third-order valence-electron chi connectivity index (χ3n) is 11.4. The van der Waals surface area contributed by atoms with E-state index in [1.165, 1.54) is 154 Å². The van der Waals surface area contributed by atoms with Crippen molar-refractivity contribution < 1.29 is 42.1 Å². The first-order valence-corrected chi connectivity index (χ1v) is 27.7. The van der Waals surface area contributed by atoms with E-state index in [0.29, 0.717) is 17.4 Å². The third-order valence-corrected chi connectivity index (χ3v) is 12.4. The number of phosphoric acid groups is 1. The van der Waals surface area contributed by atoms with Crippen LogP contribution in [0.2, 0.25) is 0 Å². The Bertz CT molecular complexity index is 1170. The minimum atomic E-state index is -4.62. The normalized spacial score (nSPS) is 13.7. The smallest absolute Gasteiger partial charge is 0.306 e. The van der Waals surface area contributed by atoms with Crippen LogP contribution >= 0.6 is 7.82 Å². The van der Waals surface area contributed by atoms with E-state index in [1.807, 2.05) is 21.1 Å². The predicted molar refractivity (Wildman–Crippen MR) is 264 cm³/mol. The molecule has 2 atom stereocenters. The number of carbonyl (C=O) groups is 2. The molecule has 0 rings (SSSR count). The van der Waals surface area contributed by atoms with E-state index in [9.17, 15) is 19.0 Å². The molecule has 9 nitrogen and oxygen atoms in total. The van der Waals surface area contributed by atoms with Gasteiger partial charge in [0.15, 0.2) is 6.10 Å². The Morgan fingerprint density at radius 1 is 0.492 bits per heavy atom. The Morgan fingerprint density at radius 2 is 0.857 bits per heavy atom. The van der Waals surface area contributed by atoms with Crippen LogP contribution in [0.3, 0.4) is 0 Å². The van der Waals surface area contributed by atoms with Crippen molar-refractivity contribution in [1.82, 2.24) is 0 Å². The van der Waals surface area contributed by atoms with Gasteiger partial charge in [0, 0.05) is 12.8 Å². The van der Waals surface area contributed by atoms with Crippen LogP contribution in [0.25, 0.3) is 0 Å². The summed E-state index contributed by atoms with van der Waals surface area (Å²) in [7, 11) is 1.17. The number of hydrogen-bond donors (Lipinski definition) is 0. The van der Waals surface area contributed by atoms with Gasteiger partial charge in [-0.2, -0.15) is 0 Å². The molecule has 0 spiro atoms. The fraction of sp³-hybridized carbons (Fsp3) is 0.849. The zero-order chi connectivity index (χ0) is 46.4. The highest BCUT2D eigenvalue weighted by atomic mass is 31.2. The first-order valence-electron chi connectivity index (χ1n) is 26.2. The first-order chi connectivity index (χ1) is 30.5. The van der Waals surface area contributed by atoms with E-state index in [0.717, 1.165) is 51.4 Å². The van der Waals surface area contributed by atoms with Crippen LogP contribution in [0.15, 0.2) is 36.5 Å². The van der Waals surface area contributed by atoms with Crippen LogP contribution in [0.1, 0.15) is 239 Å². The largest absolute Gasteiger partial charge is 0.756 e. The van der Waals surface area contributed by atoms with Gasteiger partial charge >= 0.3 is 11.9 Å². The molecule has 2 unspecified atom stereocenters. The number of carbonyl (C=O) groups excluding carboxylic acids is 2. The number of esters is 2. The van der Waals surface area contributed by atoms with Gasteiger partial charge in [0.05, 0.1) is 27.7 Å². The Morgan fingerprint density at radius 3 is 1.27 bits per heavy atom. The van der Waals surface area contributed by atoms with E-state index in [1.54, 1.807) is 0 Å². The summed E-state index contributed by atoms with van der Waals surface area (Å²) in [5, 5.41) is 0. The SMILES string of the molecule is CCCCCCC/C=C\C/C=C\C/C=C\CCCCCCCCCCCCCCCCCCC(=O)OC(COC(=O)CCCCCCCCCC)COP(=O)([O-])OCC[N+](C)(C)C. The second-order valence-corrected chi connectivity index (χ2v) is 20.3. The van der Waals surface area contributed by atoms with Gasteiger partial charge in [0.1, 0.15) is 19.8 Å². The Labute approximate surface area is 389 Å². The quantitative estimate of drug-likeness (QED) is 0.0195. The molecule has 0 aliphatic heterocycles. The summed E-state index contributed by atoms with van der Waals surface area (Å²) in [6.07, 6.45) is 53.5. The van der Waals surface area contributed by atoms with Crippen LogP contribution in [-0.2, 0) is 32.7 Å². The van der Waals surface area contributed by atoms with Gasteiger partial charge in [-0.1, -0.05) is 211 Å². The Balaban J connectivity index is 3.98. The van der Waals surface area contributed by atoms with Crippen molar-refractivity contribution in [2.45, 2.75) is 245 Å². The molecule has 0 fully saturated rings. The summed E-state index contributed by atoms with van der Waals surface area (Å²) in [6, 6.07) is 0. The molecule has 0 radical (unpaired) electrons. The van der Waals surface area contributed by atoms with Crippen molar-refractivity contribution in [2.24, 2.45) is 0 Å². The summed E-state index contributed by atoms with van der Waals surface area (Å²) in [5.74, 6) is -0.831. The second-order valence-electron chi connectivity index (χ2n) is 18.9. The lowest BCUT2D eigenvalue weighted by atomic mass is 10.0. The molecular formula is C53H100NO8P. The fourth-order valence-corrected chi connectivity index (χ4v) is 8.04. The molecule has 0 N–H and O–H groups in total. The monoisotopic (exact) mass is 910 g/mol. The van der Waals surface area contributed by atoms with Gasteiger partial charge in [-0.05, 0) is 51.4 Å². The van der Waals surface area contributed by atoms with E-state index >= 15 is 0 Å². The summed E-state index contributed by atoms with van der Waals surface area (Å²) in [5.41, 5.74) is 0. The number of hydrogen-bond acceptors (Lipinski definition) is 8. The first kappa shape index (κ1) is 61.2. The lowest BCUT2D eigenvalue weighted by Gasteiger charge is -2.28. The number of rotatable bonds is 48. The molecular weight excluding hydrogens is 810 g/mol. The molecule has 0 aliphatic rings. The molecule has 0 aromatic heterocycles. The summed E-state index contributed by atoms with van der Waals surface area (Å²) in [4.78, 5) is 37.5. The van der Waals surface area contributed by atoms with E-state index in [-0.39, 0.29) is 32.0 Å². The van der Waals surface area contributed by atoms with Gasteiger partial charge in [-0.25, -0.2) is 0 Å².